The summed E-state index contributed by atoms with van der Waals surface area (Å²) in [5, 5.41) is 23.7. The molecule has 4 rings (SSSR count). The fourth-order valence-corrected chi connectivity index (χ4v) is 3.89. The molecular weight excluding hydrogens is 499 g/mol. The molecule has 1 fully saturated rings. The Bertz CT molecular complexity index is 1060. The number of fused-ring (bicyclic) bond motifs is 4. The van der Waals surface area contributed by atoms with Gasteiger partial charge in [0, 0.05) is 19.6 Å². The number of carbonyl (C=O) groups excluding carboxylic acids is 2. The molecule has 2 atom stereocenters. The molecule has 37 heavy (non-hydrogen) atoms. The van der Waals surface area contributed by atoms with Gasteiger partial charge >= 0.3 is 12.7 Å². The number of hydrogen-bond acceptors (Lipinski definition) is 9. The molecule has 0 radical (unpaired) electrons. The Balaban J connectivity index is 0.000000886. The van der Waals surface area contributed by atoms with Crippen LogP contribution >= 0.6 is 0 Å². The van der Waals surface area contributed by atoms with Crippen LogP contribution < -0.4 is 25.2 Å². The summed E-state index contributed by atoms with van der Waals surface area (Å²) in [4.78, 5) is 42.1. The van der Waals surface area contributed by atoms with E-state index in [1.807, 2.05) is 6.92 Å². The Morgan fingerprint density at radius 2 is 2.00 bits per heavy atom. The first-order valence-corrected chi connectivity index (χ1v) is 11.5. The van der Waals surface area contributed by atoms with Gasteiger partial charge in [0.25, 0.3) is 5.91 Å². The van der Waals surface area contributed by atoms with Crippen molar-refractivity contribution in [1.82, 2.24) is 20.3 Å². The SMILES string of the molecule is CCNC(=O)c1ncc2c(n1)N(C(=O)Nc1ccc(OC[C@@H](O)CO)cn1)C1CCCN2C1.FC(F)F. The number of aromatic nitrogens is 3. The maximum atomic E-state index is 13.3. The summed E-state index contributed by atoms with van der Waals surface area (Å²) in [5.74, 6) is 0.728. The number of pyridine rings is 1. The minimum absolute atomic E-state index is 0.0132. The van der Waals surface area contributed by atoms with E-state index in [0.29, 0.717) is 36.2 Å². The molecule has 2 aliphatic heterocycles. The van der Waals surface area contributed by atoms with Crippen LogP contribution in [-0.4, -0.2) is 88.8 Å². The molecule has 0 spiro atoms. The number of halogens is 3. The number of ether oxygens (including phenoxy) is 1. The minimum atomic E-state index is -3.67. The molecular formula is C22H28F3N7O5. The Morgan fingerprint density at radius 3 is 2.65 bits per heavy atom. The van der Waals surface area contributed by atoms with Gasteiger partial charge in [0.1, 0.15) is 24.3 Å². The topological polar surface area (TPSA) is 153 Å². The number of nitrogens with zero attached hydrogens (tertiary/aromatic N) is 5. The van der Waals surface area contributed by atoms with Gasteiger partial charge in [-0.1, -0.05) is 0 Å². The van der Waals surface area contributed by atoms with Gasteiger partial charge in [-0.3, -0.25) is 15.0 Å². The first kappa shape index (κ1) is 27.9. The Labute approximate surface area is 210 Å². The maximum absolute atomic E-state index is 13.3. The molecule has 1 saturated heterocycles. The van der Waals surface area contributed by atoms with Crippen LogP contribution in [0.25, 0.3) is 0 Å². The van der Waals surface area contributed by atoms with Crippen molar-refractivity contribution >= 4 is 29.3 Å². The van der Waals surface area contributed by atoms with Crippen molar-refractivity contribution in [2.24, 2.45) is 0 Å². The van der Waals surface area contributed by atoms with Crippen molar-refractivity contribution in [2.75, 3.05) is 48.0 Å². The van der Waals surface area contributed by atoms with Gasteiger partial charge in [0.15, 0.2) is 5.82 Å². The molecule has 202 valence electrons. The number of nitrogens with one attached hydrogen (secondary N) is 2. The van der Waals surface area contributed by atoms with E-state index in [9.17, 15) is 27.9 Å². The molecule has 2 aromatic rings. The molecule has 15 heteroatoms. The Morgan fingerprint density at radius 1 is 1.24 bits per heavy atom. The number of aliphatic hydroxyl groups excluding tert-OH is 2. The summed E-state index contributed by atoms with van der Waals surface area (Å²) in [7, 11) is 0. The van der Waals surface area contributed by atoms with Crippen LogP contribution in [0, 0.1) is 0 Å². The Hall–Kier alpha value is -3.72. The summed E-state index contributed by atoms with van der Waals surface area (Å²) in [5.41, 5.74) is 0.716. The summed E-state index contributed by atoms with van der Waals surface area (Å²) >= 11 is 0. The highest BCUT2D eigenvalue weighted by atomic mass is 19.4. The summed E-state index contributed by atoms with van der Waals surface area (Å²) in [6.45, 7) is -0.371. The predicted octanol–water partition coefficient (Wildman–Crippen LogP) is 1.55. The number of hydrogen-bond donors (Lipinski definition) is 4. The van der Waals surface area contributed by atoms with Crippen LogP contribution in [0.5, 0.6) is 5.75 Å². The van der Waals surface area contributed by atoms with E-state index in [4.69, 9.17) is 9.84 Å². The number of piperidine rings is 1. The van der Waals surface area contributed by atoms with Gasteiger partial charge in [0.2, 0.25) is 5.82 Å². The van der Waals surface area contributed by atoms with Gasteiger partial charge in [-0.25, -0.2) is 19.7 Å². The van der Waals surface area contributed by atoms with Crippen molar-refractivity contribution in [3.63, 3.8) is 0 Å². The molecule has 0 aromatic carbocycles. The average Bonchev–Trinajstić information content (AvgIpc) is 2.88. The number of aliphatic hydroxyl groups is 2. The van der Waals surface area contributed by atoms with Gasteiger partial charge in [-0.05, 0) is 31.9 Å². The van der Waals surface area contributed by atoms with Crippen molar-refractivity contribution in [3.05, 3.63) is 30.4 Å². The number of rotatable bonds is 7. The second-order valence-corrected chi connectivity index (χ2v) is 8.08. The smallest absolute Gasteiger partial charge is 0.379 e. The molecule has 3 amide bonds. The van der Waals surface area contributed by atoms with Gasteiger partial charge in [-0.15, -0.1) is 0 Å². The third kappa shape index (κ3) is 7.39. The van der Waals surface area contributed by atoms with Crippen LogP contribution in [0.2, 0.25) is 0 Å². The number of urea groups is 1. The third-order valence-corrected chi connectivity index (χ3v) is 5.46. The van der Waals surface area contributed by atoms with E-state index >= 15 is 0 Å². The average molecular weight is 528 g/mol. The lowest BCUT2D eigenvalue weighted by Crippen LogP contribution is -2.56. The van der Waals surface area contributed by atoms with E-state index in [-0.39, 0.29) is 18.5 Å². The summed E-state index contributed by atoms with van der Waals surface area (Å²) < 4.78 is 34.3. The first-order valence-electron chi connectivity index (χ1n) is 11.5. The molecule has 2 aromatic heterocycles. The van der Waals surface area contributed by atoms with Gasteiger partial charge < -0.3 is 25.2 Å². The van der Waals surface area contributed by atoms with Crippen molar-refractivity contribution in [2.45, 2.75) is 38.6 Å². The molecule has 0 saturated carbocycles. The predicted molar refractivity (Wildman–Crippen MR) is 127 cm³/mol. The maximum Gasteiger partial charge on any atom is 0.379 e. The number of carbonyl (C=O) groups is 2. The highest BCUT2D eigenvalue weighted by molar-refractivity contribution is 6.04. The van der Waals surface area contributed by atoms with Gasteiger partial charge in [-0.2, -0.15) is 13.2 Å². The highest BCUT2D eigenvalue weighted by Gasteiger charge is 2.39. The summed E-state index contributed by atoms with van der Waals surface area (Å²) in [6, 6.07) is 2.69. The lowest BCUT2D eigenvalue weighted by molar-refractivity contribution is 0.00818. The van der Waals surface area contributed by atoms with Crippen LogP contribution in [0.1, 0.15) is 30.4 Å². The van der Waals surface area contributed by atoms with E-state index in [2.05, 4.69) is 30.5 Å². The second-order valence-electron chi connectivity index (χ2n) is 8.08. The van der Waals surface area contributed by atoms with Crippen molar-refractivity contribution in [3.8, 4) is 5.75 Å². The largest absolute Gasteiger partial charge is 0.489 e. The monoisotopic (exact) mass is 527 g/mol. The molecule has 2 aliphatic rings. The molecule has 2 bridgehead atoms. The number of anilines is 3. The standard InChI is InChI=1S/C21H27N7O5.CHF3/c1-2-22-20(31)18-24-9-16-19(26-18)28(13-4-3-7-27(16)10-13)21(32)25-17-6-5-15(8-23-17)33-12-14(30)11-29;2-1(3)4/h5-6,8-9,13-14,29-30H,2-4,7,10-12H2,1H3,(H,22,31)(H,23,25,32);1H/t13?,14-;/m0./s1. The van der Waals surface area contributed by atoms with Crippen LogP contribution in [0.3, 0.4) is 0 Å². The van der Waals surface area contributed by atoms with E-state index in [0.717, 1.165) is 19.4 Å². The van der Waals surface area contributed by atoms with E-state index in [1.54, 1.807) is 23.2 Å². The Kier molecular flexibility index (Phi) is 9.79. The van der Waals surface area contributed by atoms with E-state index in [1.165, 1.54) is 6.20 Å². The number of alkyl halides is 3. The minimum Gasteiger partial charge on any atom is -0.489 e. The lowest BCUT2D eigenvalue weighted by atomic mass is 10.0. The molecule has 0 aliphatic carbocycles. The molecule has 4 N–H and O–H groups in total. The zero-order chi connectivity index (χ0) is 26.9. The molecule has 1 unspecified atom stereocenters. The molecule has 4 heterocycles. The quantitative estimate of drug-likeness (QED) is 0.420. The zero-order valence-corrected chi connectivity index (χ0v) is 20.0. The van der Waals surface area contributed by atoms with Crippen molar-refractivity contribution < 1.29 is 37.7 Å². The normalized spacial score (nSPS) is 16.8. The van der Waals surface area contributed by atoms with Crippen LogP contribution in [0.4, 0.5) is 35.3 Å². The number of amides is 3. The summed E-state index contributed by atoms with van der Waals surface area (Å²) in [6.07, 6.45) is 3.78. The fourth-order valence-electron chi connectivity index (χ4n) is 3.89. The first-order chi connectivity index (χ1) is 17.7. The van der Waals surface area contributed by atoms with E-state index < -0.39 is 31.3 Å². The zero-order valence-electron chi connectivity index (χ0n) is 20.0. The van der Waals surface area contributed by atoms with Gasteiger partial charge in [0.05, 0.1) is 30.7 Å². The third-order valence-electron chi connectivity index (χ3n) is 5.46. The second kappa shape index (κ2) is 13.0. The lowest BCUT2D eigenvalue weighted by Gasteiger charge is -2.45. The van der Waals surface area contributed by atoms with Crippen molar-refractivity contribution in [1.29, 1.82) is 0 Å². The fraction of sp³-hybridized carbons (Fsp3) is 0.500. The molecule has 12 nitrogen and oxygen atoms in total. The van der Waals surface area contributed by atoms with Crippen LogP contribution in [0.15, 0.2) is 24.5 Å². The highest BCUT2D eigenvalue weighted by Crippen LogP contribution is 2.37. The van der Waals surface area contributed by atoms with Crippen LogP contribution in [-0.2, 0) is 0 Å².